The van der Waals surface area contributed by atoms with Crippen LogP contribution in [0.5, 0.6) is 5.75 Å². The van der Waals surface area contributed by atoms with Crippen LogP contribution in [0.1, 0.15) is 22.8 Å². The summed E-state index contributed by atoms with van der Waals surface area (Å²) in [4.78, 5) is 22.0. The first-order valence-corrected chi connectivity index (χ1v) is 6.30. The Balaban J connectivity index is 3.19. The number of Topliss-reactive ketones (excluding diaryl/α,β-unsaturated/α-hetero) is 1. The van der Waals surface area contributed by atoms with Gasteiger partial charge in [-0.1, -0.05) is 15.9 Å². The number of hydrogen-bond acceptors (Lipinski definition) is 3. The van der Waals surface area contributed by atoms with E-state index >= 15 is 0 Å². The number of carbonyl (C=O) groups excluding carboxylic acids is 1. The molecule has 0 fully saturated rings. The monoisotopic (exact) mass is 354 g/mol. The van der Waals surface area contributed by atoms with E-state index in [1.807, 2.05) is 0 Å². The Kier molecular flexibility index (Phi) is 5.15. The van der Waals surface area contributed by atoms with E-state index in [2.05, 4.69) is 20.7 Å². The van der Waals surface area contributed by atoms with E-state index in [-0.39, 0.29) is 11.1 Å². The van der Waals surface area contributed by atoms with E-state index in [0.29, 0.717) is 0 Å². The van der Waals surface area contributed by atoms with Crippen LogP contribution in [0.15, 0.2) is 18.2 Å². The summed E-state index contributed by atoms with van der Waals surface area (Å²) in [6, 6.07) is 3.01. The second-order valence-electron chi connectivity index (χ2n) is 3.92. The minimum absolute atomic E-state index is 0.0319. The average molecular weight is 355 g/mol. The molecule has 0 aliphatic rings. The van der Waals surface area contributed by atoms with Gasteiger partial charge in [0.15, 0.2) is 5.78 Å². The van der Waals surface area contributed by atoms with E-state index in [0.717, 1.165) is 18.2 Å². The maximum atomic E-state index is 12.1. The van der Waals surface area contributed by atoms with Crippen LogP contribution >= 0.6 is 15.9 Å². The molecule has 0 aliphatic carbocycles. The number of hydrogen-bond donors (Lipinski definition) is 1. The summed E-state index contributed by atoms with van der Waals surface area (Å²) in [5, 5.41) is 8.75. The number of rotatable bonds is 5. The van der Waals surface area contributed by atoms with Gasteiger partial charge in [0, 0.05) is 5.56 Å². The van der Waals surface area contributed by atoms with Crippen LogP contribution in [-0.4, -0.2) is 28.0 Å². The van der Waals surface area contributed by atoms with Crippen LogP contribution in [0.25, 0.3) is 0 Å². The lowest BCUT2D eigenvalue weighted by molar-refractivity contribution is -0.274. The largest absolute Gasteiger partial charge is 0.573 e. The molecule has 1 aromatic carbocycles. The maximum Gasteiger partial charge on any atom is 0.573 e. The molecule has 0 heterocycles. The Bertz CT molecular complexity index is 526. The highest BCUT2D eigenvalue weighted by atomic mass is 79.9. The van der Waals surface area contributed by atoms with Gasteiger partial charge in [-0.15, -0.1) is 13.2 Å². The standard InChI is InChI=1S/C12H10BrF3O4/c1-6(13)11(19)9-3-2-8(20-12(14,15)16)4-7(9)5-10(17)18/h2-4,6H,5H2,1H3,(H,17,18). The molecule has 1 aromatic rings. The fourth-order valence-corrected chi connectivity index (χ4v) is 1.78. The molecular formula is C12H10BrF3O4. The highest BCUT2D eigenvalue weighted by molar-refractivity contribution is 9.10. The van der Waals surface area contributed by atoms with Crippen molar-refractivity contribution < 1.29 is 32.6 Å². The van der Waals surface area contributed by atoms with E-state index < -0.39 is 35.1 Å². The highest BCUT2D eigenvalue weighted by Gasteiger charge is 2.31. The predicted molar refractivity (Wildman–Crippen MR) is 67.2 cm³/mol. The van der Waals surface area contributed by atoms with Crippen LogP contribution in [0.2, 0.25) is 0 Å². The summed E-state index contributed by atoms with van der Waals surface area (Å²) < 4.78 is 40.0. The van der Waals surface area contributed by atoms with E-state index in [4.69, 9.17) is 5.11 Å². The number of halogens is 4. The van der Waals surface area contributed by atoms with Crippen molar-refractivity contribution in [2.24, 2.45) is 0 Å². The van der Waals surface area contributed by atoms with Crippen molar-refractivity contribution in [1.29, 1.82) is 0 Å². The van der Waals surface area contributed by atoms with Gasteiger partial charge in [0.05, 0.1) is 11.2 Å². The molecule has 0 bridgehead atoms. The minimum Gasteiger partial charge on any atom is -0.481 e. The van der Waals surface area contributed by atoms with Gasteiger partial charge in [0.2, 0.25) is 0 Å². The SMILES string of the molecule is CC(Br)C(=O)c1ccc(OC(F)(F)F)cc1CC(=O)O. The number of carboxylic acids is 1. The summed E-state index contributed by atoms with van der Waals surface area (Å²) in [7, 11) is 0. The van der Waals surface area contributed by atoms with Gasteiger partial charge in [-0.05, 0) is 30.7 Å². The van der Waals surface area contributed by atoms with Gasteiger partial charge in [0.1, 0.15) is 5.75 Å². The molecule has 0 aromatic heterocycles. The number of alkyl halides is 4. The van der Waals surface area contributed by atoms with Crippen molar-refractivity contribution >= 4 is 27.7 Å². The van der Waals surface area contributed by atoms with Crippen molar-refractivity contribution in [3.05, 3.63) is 29.3 Å². The molecule has 1 unspecified atom stereocenters. The zero-order valence-electron chi connectivity index (χ0n) is 10.2. The first-order chi connectivity index (χ1) is 9.10. The van der Waals surface area contributed by atoms with Crippen molar-refractivity contribution in [2.75, 3.05) is 0 Å². The number of carbonyl (C=O) groups is 2. The molecule has 0 spiro atoms. The first kappa shape index (κ1) is 16.5. The van der Waals surface area contributed by atoms with Gasteiger partial charge < -0.3 is 9.84 Å². The molecule has 8 heteroatoms. The number of ether oxygens (including phenoxy) is 1. The third-order valence-corrected chi connectivity index (χ3v) is 2.69. The Hall–Kier alpha value is -1.57. The van der Waals surface area contributed by atoms with Crippen LogP contribution in [0.4, 0.5) is 13.2 Å². The maximum absolute atomic E-state index is 12.1. The Morgan fingerprint density at radius 1 is 1.40 bits per heavy atom. The third-order valence-electron chi connectivity index (χ3n) is 2.28. The molecule has 1 atom stereocenters. The van der Waals surface area contributed by atoms with Gasteiger partial charge in [-0.2, -0.15) is 0 Å². The zero-order valence-corrected chi connectivity index (χ0v) is 11.8. The molecule has 20 heavy (non-hydrogen) atoms. The van der Waals surface area contributed by atoms with Crippen LogP contribution in [0.3, 0.4) is 0 Å². The lowest BCUT2D eigenvalue weighted by Gasteiger charge is -2.13. The molecule has 1 rings (SSSR count). The third kappa shape index (κ3) is 4.84. The smallest absolute Gasteiger partial charge is 0.481 e. The average Bonchev–Trinajstić information content (AvgIpc) is 2.25. The fraction of sp³-hybridized carbons (Fsp3) is 0.333. The normalized spacial score (nSPS) is 12.8. The predicted octanol–water partition coefficient (Wildman–Crippen LogP) is 3.18. The van der Waals surface area contributed by atoms with Crippen LogP contribution in [-0.2, 0) is 11.2 Å². The van der Waals surface area contributed by atoms with Gasteiger partial charge in [-0.3, -0.25) is 9.59 Å². The van der Waals surface area contributed by atoms with Gasteiger partial charge in [-0.25, -0.2) is 0 Å². The van der Waals surface area contributed by atoms with E-state index in [9.17, 15) is 22.8 Å². The molecule has 110 valence electrons. The molecule has 4 nitrogen and oxygen atoms in total. The van der Waals surface area contributed by atoms with E-state index in [1.54, 1.807) is 0 Å². The number of carboxylic acid groups (broad SMARTS) is 1. The summed E-state index contributed by atoms with van der Waals surface area (Å²) in [5.74, 6) is -2.24. The first-order valence-electron chi connectivity index (χ1n) is 5.39. The lowest BCUT2D eigenvalue weighted by Crippen LogP contribution is -2.19. The van der Waals surface area contributed by atoms with Crippen LogP contribution in [0, 0.1) is 0 Å². The molecular weight excluding hydrogens is 345 g/mol. The minimum atomic E-state index is -4.88. The second-order valence-corrected chi connectivity index (χ2v) is 5.29. The van der Waals surface area contributed by atoms with E-state index in [1.165, 1.54) is 6.92 Å². The topological polar surface area (TPSA) is 63.6 Å². The summed E-state index contributed by atoms with van der Waals surface area (Å²) in [5.41, 5.74) is 0.0156. The summed E-state index contributed by atoms with van der Waals surface area (Å²) >= 11 is 3.04. The van der Waals surface area contributed by atoms with Crippen molar-refractivity contribution in [3.8, 4) is 5.75 Å². The molecule has 0 aliphatic heterocycles. The Labute approximate surface area is 120 Å². The fourth-order valence-electron chi connectivity index (χ4n) is 1.53. The Morgan fingerprint density at radius 3 is 2.45 bits per heavy atom. The van der Waals surface area contributed by atoms with Crippen molar-refractivity contribution in [2.45, 2.75) is 24.5 Å². The summed E-state index contributed by atoms with van der Waals surface area (Å²) in [6.07, 6.45) is -5.45. The van der Waals surface area contributed by atoms with Crippen molar-refractivity contribution in [3.63, 3.8) is 0 Å². The van der Waals surface area contributed by atoms with Crippen LogP contribution < -0.4 is 4.74 Å². The Morgan fingerprint density at radius 2 is 2.00 bits per heavy atom. The van der Waals surface area contributed by atoms with Gasteiger partial charge in [0.25, 0.3) is 0 Å². The van der Waals surface area contributed by atoms with Crippen molar-refractivity contribution in [1.82, 2.24) is 0 Å². The molecule has 0 amide bonds. The second kappa shape index (κ2) is 6.25. The molecule has 0 saturated carbocycles. The number of benzene rings is 1. The quantitative estimate of drug-likeness (QED) is 0.651. The number of aliphatic carboxylic acids is 1. The number of ketones is 1. The molecule has 1 N–H and O–H groups in total. The summed E-state index contributed by atoms with van der Waals surface area (Å²) in [6.45, 7) is 1.53. The molecule has 0 radical (unpaired) electrons. The van der Waals surface area contributed by atoms with Gasteiger partial charge >= 0.3 is 12.3 Å². The zero-order chi connectivity index (χ0) is 15.5. The lowest BCUT2D eigenvalue weighted by atomic mass is 9.99. The highest BCUT2D eigenvalue weighted by Crippen LogP contribution is 2.26. The molecule has 0 saturated heterocycles.